The molecule has 1 aromatic heterocycles. The molecular weight excluding hydrogens is 228 g/mol. The van der Waals surface area contributed by atoms with E-state index in [1.165, 1.54) is 6.20 Å². The minimum Gasteiger partial charge on any atom is -0.381 e. The van der Waals surface area contributed by atoms with E-state index in [-0.39, 0.29) is 5.91 Å². The number of aromatic nitrogens is 1. The minimum atomic E-state index is -0.0831. The first-order valence-corrected chi connectivity index (χ1v) is 5.59. The molecule has 1 rings (SSSR count). The van der Waals surface area contributed by atoms with Crippen molar-refractivity contribution in [1.82, 2.24) is 4.98 Å². The monoisotopic (exact) mass is 242 g/mol. The zero-order valence-corrected chi connectivity index (χ0v) is 9.96. The van der Waals surface area contributed by atoms with Crippen molar-refractivity contribution in [2.75, 3.05) is 18.5 Å². The van der Waals surface area contributed by atoms with Gasteiger partial charge in [0.15, 0.2) is 0 Å². The number of carbonyl (C=O) groups is 1. The van der Waals surface area contributed by atoms with E-state index in [4.69, 9.17) is 16.3 Å². The van der Waals surface area contributed by atoms with Crippen molar-refractivity contribution in [3.63, 3.8) is 0 Å². The molecule has 0 fully saturated rings. The van der Waals surface area contributed by atoms with Crippen LogP contribution < -0.4 is 5.32 Å². The zero-order valence-electron chi connectivity index (χ0n) is 9.20. The third-order valence-electron chi connectivity index (χ3n) is 1.83. The lowest BCUT2D eigenvalue weighted by molar-refractivity contribution is -0.117. The van der Waals surface area contributed by atoms with Crippen LogP contribution in [-0.2, 0) is 9.53 Å². The fourth-order valence-electron chi connectivity index (χ4n) is 1.08. The summed E-state index contributed by atoms with van der Waals surface area (Å²) in [5, 5.41) is 3.11. The van der Waals surface area contributed by atoms with Crippen LogP contribution >= 0.6 is 11.6 Å². The summed E-state index contributed by atoms with van der Waals surface area (Å²) in [4.78, 5) is 15.3. The van der Waals surface area contributed by atoms with Gasteiger partial charge >= 0.3 is 0 Å². The van der Waals surface area contributed by atoms with Crippen molar-refractivity contribution in [3.05, 3.63) is 23.5 Å². The molecule has 0 aromatic carbocycles. The molecule has 0 saturated heterocycles. The van der Waals surface area contributed by atoms with E-state index in [1.54, 1.807) is 12.1 Å². The van der Waals surface area contributed by atoms with E-state index in [1.807, 2.05) is 6.92 Å². The summed E-state index contributed by atoms with van der Waals surface area (Å²) in [6.45, 7) is 3.16. The van der Waals surface area contributed by atoms with Crippen molar-refractivity contribution in [1.29, 1.82) is 0 Å². The molecule has 16 heavy (non-hydrogen) atoms. The molecule has 88 valence electrons. The zero-order chi connectivity index (χ0) is 11.8. The van der Waals surface area contributed by atoms with Gasteiger partial charge in [-0.1, -0.05) is 18.5 Å². The molecule has 0 bridgehead atoms. The van der Waals surface area contributed by atoms with E-state index < -0.39 is 0 Å². The summed E-state index contributed by atoms with van der Waals surface area (Å²) < 4.78 is 5.21. The van der Waals surface area contributed by atoms with Gasteiger partial charge in [-0.05, 0) is 18.6 Å². The molecule has 0 aliphatic rings. The Labute approximate surface area is 100.0 Å². The van der Waals surface area contributed by atoms with E-state index >= 15 is 0 Å². The summed E-state index contributed by atoms with van der Waals surface area (Å²) in [5.74, 6) is -0.0831. The van der Waals surface area contributed by atoms with Gasteiger partial charge in [-0.3, -0.25) is 4.79 Å². The van der Waals surface area contributed by atoms with E-state index in [0.29, 0.717) is 30.5 Å². The highest BCUT2D eigenvalue weighted by molar-refractivity contribution is 6.29. The first-order valence-electron chi connectivity index (χ1n) is 5.21. The average Bonchev–Trinajstić information content (AvgIpc) is 2.28. The predicted molar refractivity (Wildman–Crippen MR) is 63.6 cm³/mol. The van der Waals surface area contributed by atoms with Crippen LogP contribution in [0.3, 0.4) is 0 Å². The summed E-state index contributed by atoms with van der Waals surface area (Å²) in [5.41, 5.74) is 0.643. The van der Waals surface area contributed by atoms with Crippen LogP contribution in [0.1, 0.15) is 19.8 Å². The van der Waals surface area contributed by atoms with Crippen LogP contribution in [0.25, 0.3) is 0 Å². The number of nitrogens with one attached hydrogen (secondary N) is 1. The topological polar surface area (TPSA) is 51.2 Å². The van der Waals surface area contributed by atoms with E-state index in [0.717, 1.165) is 6.42 Å². The summed E-state index contributed by atoms with van der Waals surface area (Å²) in [6, 6.07) is 3.34. The highest BCUT2D eigenvalue weighted by Crippen LogP contribution is 2.09. The third-order valence-corrected chi connectivity index (χ3v) is 2.06. The van der Waals surface area contributed by atoms with E-state index in [9.17, 15) is 4.79 Å². The maximum absolute atomic E-state index is 11.4. The normalized spacial score (nSPS) is 10.1. The van der Waals surface area contributed by atoms with Crippen LogP contribution in [0.15, 0.2) is 18.3 Å². The number of pyridine rings is 1. The number of hydrogen-bond acceptors (Lipinski definition) is 3. The first kappa shape index (κ1) is 12.9. The highest BCUT2D eigenvalue weighted by Gasteiger charge is 2.02. The number of anilines is 1. The van der Waals surface area contributed by atoms with Crippen LogP contribution in [0.2, 0.25) is 5.15 Å². The van der Waals surface area contributed by atoms with Gasteiger partial charge < -0.3 is 10.1 Å². The Morgan fingerprint density at radius 3 is 2.94 bits per heavy atom. The fourth-order valence-corrected chi connectivity index (χ4v) is 1.20. The standard InChI is InChI=1S/C11H15ClN2O2/c1-2-6-16-7-5-11(15)14-9-3-4-10(12)13-8-9/h3-4,8H,2,5-7H2,1H3,(H,14,15). The molecule has 4 nitrogen and oxygen atoms in total. The number of hydrogen-bond donors (Lipinski definition) is 1. The molecule has 5 heteroatoms. The van der Waals surface area contributed by atoms with Crippen LogP contribution in [0.5, 0.6) is 0 Å². The molecule has 0 spiro atoms. The molecule has 0 unspecified atom stereocenters. The lowest BCUT2D eigenvalue weighted by Gasteiger charge is -2.05. The van der Waals surface area contributed by atoms with Crippen molar-refractivity contribution in [2.24, 2.45) is 0 Å². The van der Waals surface area contributed by atoms with E-state index in [2.05, 4.69) is 10.3 Å². The molecule has 1 aromatic rings. The molecule has 0 aliphatic carbocycles. The number of rotatable bonds is 6. The molecule has 0 atom stereocenters. The number of halogens is 1. The fraction of sp³-hybridized carbons (Fsp3) is 0.455. The Kier molecular flexibility index (Phi) is 5.82. The molecular formula is C11H15ClN2O2. The van der Waals surface area contributed by atoms with Crippen LogP contribution in [0, 0.1) is 0 Å². The first-order chi connectivity index (χ1) is 7.72. The molecule has 1 N–H and O–H groups in total. The average molecular weight is 243 g/mol. The number of carbonyl (C=O) groups excluding carboxylic acids is 1. The second kappa shape index (κ2) is 7.19. The smallest absolute Gasteiger partial charge is 0.226 e. The molecule has 1 heterocycles. The second-order valence-corrected chi connectivity index (χ2v) is 3.67. The Hall–Kier alpha value is -1.13. The summed E-state index contributed by atoms with van der Waals surface area (Å²) in [7, 11) is 0. The quantitative estimate of drug-likeness (QED) is 0.616. The van der Waals surface area contributed by atoms with Crippen LogP contribution in [-0.4, -0.2) is 24.1 Å². The maximum Gasteiger partial charge on any atom is 0.226 e. The van der Waals surface area contributed by atoms with Crippen molar-refractivity contribution in [3.8, 4) is 0 Å². The third kappa shape index (κ3) is 5.09. The molecule has 0 aliphatic heterocycles. The maximum atomic E-state index is 11.4. The molecule has 0 saturated carbocycles. The summed E-state index contributed by atoms with van der Waals surface area (Å²) >= 11 is 5.62. The SMILES string of the molecule is CCCOCCC(=O)Nc1ccc(Cl)nc1. The van der Waals surface area contributed by atoms with Gasteiger partial charge in [-0.25, -0.2) is 4.98 Å². The van der Waals surface area contributed by atoms with Crippen molar-refractivity contribution >= 4 is 23.2 Å². The van der Waals surface area contributed by atoms with Crippen LogP contribution in [0.4, 0.5) is 5.69 Å². The Bertz CT molecular complexity index is 327. The van der Waals surface area contributed by atoms with Gasteiger partial charge in [-0.2, -0.15) is 0 Å². The Morgan fingerprint density at radius 2 is 2.31 bits per heavy atom. The largest absolute Gasteiger partial charge is 0.381 e. The predicted octanol–water partition coefficient (Wildman–Crippen LogP) is 2.49. The van der Waals surface area contributed by atoms with Crippen molar-refractivity contribution < 1.29 is 9.53 Å². The van der Waals surface area contributed by atoms with Crippen molar-refractivity contribution in [2.45, 2.75) is 19.8 Å². The van der Waals surface area contributed by atoms with Gasteiger partial charge in [0.05, 0.1) is 24.9 Å². The molecule has 0 radical (unpaired) electrons. The van der Waals surface area contributed by atoms with Gasteiger partial charge in [-0.15, -0.1) is 0 Å². The number of nitrogens with zero attached hydrogens (tertiary/aromatic N) is 1. The Balaban J connectivity index is 2.26. The highest BCUT2D eigenvalue weighted by atomic mass is 35.5. The van der Waals surface area contributed by atoms with Gasteiger partial charge in [0, 0.05) is 6.61 Å². The molecule has 1 amide bonds. The van der Waals surface area contributed by atoms with Gasteiger partial charge in [0.1, 0.15) is 5.15 Å². The van der Waals surface area contributed by atoms with Gasteiger partial charge in [0.2, 0.25) is 5.91 Å². The minimum absolute atomic E-state index is 0.0831. The second-order valence-electron chi connectivity index (χ2n) is 3.28. The number of ether oxygens (including phenoxy) is 1. The lowest BCUT2D eigenvalue weighted by atomic mass is 10.3. The number of amides is 1. The van der Waals surface area contributed by atoms with Gasteiger partial charge in [0.25, 0.3) is 0 Å². The lowest BCUT2D eigenvalue weighted by Crippen LogP contribution is -2.14. The summed E-state index contributed by atoms with van der Waals surface area (Å²) in [6.07, 6.45) is 2.83. The Morgan fingerprint density at radius 1 is 1.50 bits per heavy atom.